The molecule has 4 aromatic rings. The van der Waals surface area contributed by atoms with Crippen molar-refractivity contribution in [2.75, 3.05) is 10.2 Å². The van der Waals surface area contributed by atoms with Crippen LogP contribution in [0.2, 0.25) is 0 Å². The van der Waals surface area contributed by atoms with Crippen LogP contribution in [0.3, 0.4) is 0 Å². The quantitative estimate of drug-likeness (QED) is 0.228. The number of hydrogen-bond acceptors (Lipinski definition) is 6. The van der Waals surface area contributed by atoms with E-state index in [-0.39, 0.29) is 16.4 Å². The number of halogens is 5. The molecule has 0 saturated carbocycles. The van der Waals surface area contributed by atoms with E-state index in [4.69, 9.17) is 0 Å². The molecule has 0 radical (unpaired) electrons. The Bertz CT molecular complexity index is 1820. The Hall–Kier alpha value is -4.30. The first-order valence-electron chi connectivity index (χ1n) is 12.7. The van der Waals surface area contributed by atoms with E-state index >= 15 is 0 Å². The summed E-state index contributed by atoms with van der Waals surface area (Å²) in [6.45, 7) is -0.470. The highest BCUT2D eigenvalue weighted by atomic mass is 32.2. The fourth-order valence-electron chi connectivity index (χ4n) is 5.24. The third-order valence-electron chi connectivity index (χ3n) is 7.14. The SMILES string of the molecule is O=C(Cn1c2c(sc1=O)[C@@H](c1ccc(F)cc1)C1C(=O)N(c3cccc(C(F)(F)F)c3)C(=O)C1S2)Nc1ccc(F)cc1. The van der Waals surface area contributed by atoms with Crippen molar-refractivity contribution in [3.63, 3.8) is 0 Å². The number of nitrogens with zero attached hydrogens (tertiary/aromatic N) is 2. The number of anilines is 2. The van der Waals surface area contributed by atoms with E-state index in [1.807, 2.05) is 0 Å². The van der Waals surface area contributed by atoms with Gasteiger partial charge in [0.15, 0.2) is 0 Å². The molecule has 3 atom stereocenters. The van der Waals surface area contributed by atoms with Crippen LogP contribution in [0.5, 0.6) is 0 Å². The van der Waals surface area contributed by atoms with Crippen LogP contribution in [-0.2, 0) is 27.1 Å². The van der Waals surface area contributed by atoms with Crippen LogP contribution in [0.25, 0.3) is 0 Å². The molecule has 3 aromatic carbocycles. The van der Waals surface area contributed by atoms with Gasteiger partial charge in [-0.05, 0) is 60.2 Å². The third kappa shape index (κ3) is 5.25. The van der Waals surface area contributed by atoms with E-state index in [0.29, 0.717) is 15.3 Å². The topological polar surface area (TPSA) is 88.5 Å². The maximum atomic E-state index is 13.8. The zero-order valence-corrected chi connectivity index (χ0v) is 23.2. The Morgan fingerprint density at radius 2 is 1.53 bits per heavy atom. The molecule has 6 rings (SSSR count). The number of nitrogens with one attached hydrogen (secondary N) is 1. The van der Waals surface area contributed by atoms with Gasteiger partial charge in [-0.1, -0.05) is 41.3 Å². The molecule has 1 saturated heterocycles. The van der Waals surface area contributed by atoms with E-state index < -0.39 is 69.6 Å². The Morgan fingerprint density at radius 3 is 2.19 bits per heavy atom. The molecule has 2 aliphatic heterocycles. The Balaban J connectivity index is 1.40. The second-order valence-electron chi connectivity index (χ2n) is 9.83. The Kier molecular flexibility index (Phi) is 7.21. The summed E-state index contributed by atoms with van der Waals surface area (Å²) in [7, 11) is 0. The Morgan fingerprint density at radius 1 is 0.884 bits per heavy atom. The lowest BCUT2D eigenvalue weighted by atomic mass is 9.83. The fraction of sp³-hybridized carbons (Fsp3) is 0.172. The van der Waals surface area contributed by atoms with Crippen molar-refractivity contribution in [3.8, 4) is 0 Å². The minimum absolute atomic E-state index is 0.242. The monoisotopic (exact) mass is 631 g/mol. The summed E-state index contributed by atoms with van der Waals surface area (Å²) in [6, 6.07) is 14.0. The number of alkyl halides is 3. The van der Waals surface area contributed by atoms with Crippen LogP contribution in [-0.4, -0.2) is 27.5 Å². The molecule has 3 amide bonds. The molecule has 2 unspecified atom stereocenters. The molecular formula is C29H18F5N3O4S2. The van der Waals surface area contributed by atoms with Gasteiger partial charge in [0.2, 0.25) is 17.7 Å². The highest BCUT2D eigenvalue weighted by Gasteiger charge is 2.57. The van der Waals surface area contributed by atoms with Crippen LogP contribution in [0.15, 0.2) is 82.6 Å². The molecule has 1 N–H and O–H groups in total. The van der Waals surface area contributed by atoms with Gasteiger partial charge in [0.05, 0.1) is 22.2 Å². The number of hydrogen-bond donors (Lipinski definition) is 1. The first-order chi connectivity index (χ1) is 20.4. The lowest BCUT2D eigenvalue weighted by Gasteiger charge is -2.30. The van der Waals surface area contributed by atoms with Gasteiger partial charge < -0.3 is 5.32 Å². The molecular weight excluding hydrogens is 613 g/mol. The maximum Gasteiger partial charge on any atom is 0.416 e. The molecule has 2 aliphatic rings. The van der Waals surface area contributed by atoms with Crippen molar-refractivity contribution < 1.29 is 36.3 Å². The number of benzene rings is 3. The van der Waals surface area contributed by atoms with Gasteiger partial charge in [-0.15, -0.1) is 0 Å². The summed E-state index contributed by atoms with van der Waals surface area (Å²) in [5.41, 5.74) is -0.594. The molecule has 14 heteroatoms. The van der Waals surface area contributed by atoms with Crippen molar-refractivity contribution in [3.05, 3.63) is 110 Å². The summed E-state index contributed by atoms with van der Waals surface area (Å²) >= 11 is 1.64. The van der Waals surface area contributed by atoms with Gasteiger partial charge in [-0.3, -0.25) is 23.7 Å². The molecule has 7 nitrogen and oxygen atoms in total. The molecule has 0 bridgehead atoms. The van der Waals surface area contributed by atoms with Gasteiger partial charge in [0.1, 0.15) is 23.4 Å². The van der Waals surface area contributed by atoms with Crippen molar-refractivity contribution in [1.82, 2.24) is 4.57 Å². The van der Waals surface area contributed by atoms with E-state index in [1.165, 1.54) is 30.3 Å². The smallest absolute Gasteiger partial charge is 0.325 e. The molecule has 0 spiro atoms. The molecule has 1 fully saturated rings. The van der Waals surface area contributed by atoms with Gasteiger partial charge >= 0.3 is 11.0 Å². The predicted molar refractivity (Wildman–Crippen MR) is 149 cm³/mol. The largest absolute Gasteiger partial charge is 0.416 e. The van der Waals surface area contributed by atoms with Crippen LogP contribution >= 0.6 is 23.1 Å². The minimum Gasteiger partial charge on any atom is -0.325 e. The first kappa shape index (κ1) is 28.8. The number of carbonyl (C=O) groups excluding carboxylic acids is 3. The van der Waals surface area contributed by atoms with Crippen LogP contribution in [0, 0.1) is 17.6 Å². The second-order valence-corrected chi connectivity index (χ2v) is 12.0. The average molecular weight is 632 g/mol. The van der Waals surface area contributed by atoms with Crippen LogP contribution in [0.1, 0.15) is 21.9 Å². The standard InChI is InChI=1S/C29H18F5N3O4S2/c30-16-6-4-14(5-7-16)21-22-23(26(40)37(25(22)39)19-3-1-2-15(12-19)29(32,33)34)42-27-24(21)43-28(41)36(27)13-20(38)35-18-10-8-17(31)9-11-18/h1-12,21-23H,13H2,(H,35,38)/t21-,22?,23?/m0/s1. The number of rotatable bonds is 5. The van der Waals surface area contributed by atoms with Gasteiger partial charge in [0.25, 0.3) is 0 Å². The predicted octanol–water partition coefficient (Wildman–Crippen LogP) is 5.64. The van der Waals surface area contributed by atoms with E-state index in [9.17, 15) is 41.1 Å². The van der Waals surface area contributed by atoms with E-state index in [0.717, 1.165) is 70.1 Å². The molecule has 1 aromatic heterocycles. The fourth-order valence-corrected chi connectivity index (χ4v) is 8.01. The summed E-state index contributed by atoms with van der Waals surface area (Å²) < 4.78 is 68.6. The zero-order valence-electron chi connectivity index (χ0n) is 21.6. The van der Waals surface area contributed by atoms with E-state index in [1.54, 1.807) is 0 Å². The normalized spacial score (nSPS) is 19.7. The summed E-state index contributed by atoms with van der Waals surface area (Å²) in [5, 5.41) is 1.66. The highest BCUT2D eigenvalue weighted by molar-refractivity contribution is 8.00. The maximum absolute atomic E-state index is 13.8. The number of imide groups is 1. The number of thiazole rings is 1. The van der Waals surface area contributed by atoms with Crippen LogP contribution in [0.4, 0.5) is 33.3 Å². The highest BCUT2D eigenvalue weighted by Crippen LogP contribution is 2.54. The lowest BCUT2D eigenvalue weighted by Crippen LogP contribution is -2.33. The number of carbonyl (C=O) groups is 3. The minimum atomic E-state index is -4.71. The lowest BCUT2D eigenvalue weighted by molar-refractivity contribution is -0.137. The average Bonchev–Trinajstić information content (AvgIpc) is 3.40. The van der Waals surface area contributed by atoms with Crippen molar-refractivity contribution in [2.24, 2.45) is 5.92 Å². The molecule has 0 aliphatic carbocycles. The van der Waals surface area contributed by atoms with Crippen molar-refractivity contribution in [1.29, 1.82) is 0 Å². The Labute approximate surface area is 247 Å². The second kappa shape index (κ2) is 10.8. The van der Waals surface area contributed by atoms with Crippen molar-refractivity contribution >= 4 is 52.2 Å². The summed E-state index contributed by atoms with van der Waals surface area (Å²) in [5.74, 6) is -5.27. The number of fused-ring (bicyclic) bond motifs is 2. The molecule has 3 heterocycles. The third-order valence-corrected chi connectivity index (χ3v) is 9.74. The molecule has 220 valence electrons. The van der Waals surface area contributed by atoms with Crippen LogP contribution < -0.4 is 15.1 Å². The zero-order chi connectivity index (χ0) is 30.6. The number of amides is 3. The summed E-state index contributed by atoms with van der Waals surface area (Å²) in [6.07, 6.45) is -4.71. The number of aromatic nitrogens is 1. The first-order valence-corrected chi connectivity index (χ1v) is 14.4. The summed E-state index contributed by atoms with van der Waals surface area (Å²) in [4.78, 5) is 54.1. The van der Waals surface area contributed by atoms with Gasteiger partial charge in [-0.25, -0.2) is 13.7 Å². The van der Waals surface area contributed by atoms with Crippen molar-refractivity contribution in [2.45, 2.75) is 28.9 Å². The van der Waals surface area contributed by atoms with E-state index in [2.05, 4.69) is 5.32 Å². The number of thioether (sulfide) groups is 1. The van der Waals surface area contributed by atoms with Gasteiger partial charge in [0, 0.05) is 16.5 Å². The van der Waals surface area contributed by atoms with Gasteiger partial charge in [-0.2, -0.15) is 13.2 Å². The molecule has 43 heavy (non-hydrogen) atoms.